The highest BCUT2D eigenvalue weighted by Crippen LogP contribution is 2.20. The number of amides is 1. The molecule has 0 radical (unpaired) electrons. The zero-order valence-electron chi connectivity index (χ0n) is 17.1. The smallest absolute Gasteiger partial charge is 0.263 e. The highest BCUT2D eigenvalue weighted by molar-refractivity contribution is 7.93. The van der Waals surface area contributed by atoms with Gasteiger partial charge in [-0.05, 0) is 24.3 Å². The van der Waals surface area contributed by atoms with E-state index in [1.54, 1.807) is 10.3 Å². The number of ether oxygens (including phenoxy) is 2. The van der Waals surface area contributed by atoms with Crippen molar-refractivity contribution in [2.24, 2.45) is 0 Å². The van der Waals surface area contributed by atoms with E-state index in [2.05, 4.69) is 9.71 Å². The molecular weight excluding hydrogens is 476 g/mol. The van der Waals surface area contributed by atoms with Gasteiger partial charge >= 0.3 is 0 Å². The molecule has 2 heterocycles. The molecule has 4 rings (SSSR count). The van der Waals surface area contributed by atoms with E-state index in [9.17, 15) is 22.0 Å². The molecule has 1 amide bonds. The Labute approximate surface area is 192 Å². The summed E-state index contributed by atoms with van der Waals surface area (Å²) >= 11 is 1.15. The zero-order valence-corrected chi connectivity index (χ0v) is 18.7. The highest BCUT2D eigenvalue weighted by atomic mass is 32.2. The van der Waals surface area contributed by atoms with Gasteiger partial charge in [-0.3, -0.25) is 9.52 Å². The molecule has 1 fully saturated rings. The normalized spacial score (nSPS) is 16.4. The van der Waals surface area contributed by atoms with Crippen LogP contribution in [0.3, 0.4) is 0 Å². The van der Waals surface area contributed by atoms with Crippen molar-refractivity contribution in [2.45, 2.75) is 11.0 Å². The van der Waals surface area contributed by atoms with E-state index in [1.165, 1.54) is 30.5 Å². The Bertz CT molecular complexity index is 1200. The quantitative estimate of drug-likeness (QED) is 0.541. The van der Waals surface area contributed by atoms with E-state index in [-0.39, 0.29) is 41.4 Å². The molecule has 33 heavy (non-hydrogen) atoms. The number of halogens is 2. The molecule has 0 saturated carbocycles. The molecule has 174 valence electrons. The third kappa shape index (κ3) is 5.83. The Morgan fingerprint density at radius 1 is 1.21 bits per heavy atom. The minimum atomic E-state index is -3.82. The van der Waals surface area contributed by atoms with Gasteiger partial charge in [-0.15, -0.1) is 11.3 Å². The number of sulfonamides is 1. The van der Waals surface area contributed by atoms with Crippen LogP contribution in [-0.4, -0.2) is 56.6 Å². The molecule has 2 aromatic carbocycles. The predicted octanol–water partition coefficient (Wildman–Crippen LogP) is 3.14. The van der Waals surface area contributed by atoms with Crippen molar-refractivity contribution >= 4 is 32.4 Å². The summed E-state index contributed by atoms with van der Waals surface area (Å²) < 4.78 is 64.9. The Hall–Kier alpha value is -3.09. The monoisotopic (exact) mass is 495 g/mol. The summed E-state index contributed by atoms with van der Waals surface area (Å²) in [5.74, 6) is -1.77. The summed E-state index contributed by atoms with van der Waals surface area (Å²) in [6.45, 7) is 0.825. The van der Waals surface area contributed by atoms with E-state index in [0.29, 0.717) is 12.1 Å². The summed E-state index contributed by atoms with van der Waals surface area (Å²) in [6, 6.07) is 8.45. The second-order valence-electron chi connectivity index (χ2n) is 7.13. The van der Waals surface area contributed by atoms with Gasteiger partial charge in [0.25, 0.3) is 15.9 Å². The van der Waals surface area contributed by atoms with Crippen LogP contribution in [-0.2, 0) is 14.8 Å². The summed E-state index contributed by atoms with van der Waals surface area (Å²) in [5.41, 5.74) is 0.317. The van der Waals surface area contributed by atoms with Crippen molar-refractivity contribution in [1.29, 1.82) is 0 Å². The fraction of sp³-hybridized carbons (Fsp3) is 0.238. The summed E-state index contributed by atoms with van der Waals surface area (Å²) in [7, 11) is -3.82. The summed E-state index contributed by atoms with van der Waals surface area (Å²) in [6.07, 6.45) is 0.998. The maximum absolute atomic E-state index is 13.3. The molecule has 8 nitrogen and oxygen atoms in total. The van der Waals surface area contributed by atoms with E-state index >= 15 is 0 Å². The van der Waals surface area contributed by atoms with Crippen LogP contribution in [0.2, 0.25) is 0 Å². The van der Waals surface area contributed by atoms with Crippen LogP contribution >= 0.6 is 11.3 Å². The molecule has 1 aliphatic heterocycles. The Kier molecular flexibility index (Phi) is 6.86. The van der Waals surface area contributed by atoms with Gasteiger partial charge in [0.05, 0.1) is 18.0 Å². The number of nitrogens with one attached hydrogen (secondary N) is 1. The van der Waals surface area contributed by atoms with Crippen LogP contribution in [0.25, 0.3) is 0 Å². The number of aromatic nitrogens is 1. The number of thiazole rings is 1. The Morgan fingerprint density at radius 2 is 1.94 bits per heavy atom. The molecule has 1 atom stereocenters. The van der Waals surface area contributed by atoms with Gasteiger partial charge in [0.2, 0.25) is 0 Å². The maximum atomic E-state index is 13.3. The summed E-state index contributed by atoms with van der Waals surface area (Å²) in [5, 5.41) is 1.90. The van der Waals surface area contributed by atoms with E-state index < -0.39 is 27.8 Å². The number of carbonyl (C=O) groups excluding carboxylic acids is 1. The van der Waals surface area contributed by atoms with Crippen molar-refractivity contribution in [3.8, 4) is 5.75 Å². The number of nitrogens with zero attached hydrogens (tertiary/aromatic N) is 2. The fourth-order valence-electron chi connectivity index (χ4n) is 3.21. The van der Waals surface area contributed by atoms with Crippen LogP contribution in [0.15, 0.2) is 58.9 Å². The minimum absolute atomic E-state index is 0.00447. The molecule has 0 spiro atoms. The highest BCUT2D eigenvalue weighted by Gasteiger charge is 2.26. The van der Waals surface area contributed by atoms with Crippen molar-refractivity contribution < 1.29 is 31.5 Å². The van der Waals surface area contributed by atoms with Gasteiger partial charge in [-0.25, -0.2) is 22.2 Å². The van der Waals surface area contributed by atoms with Crippen LogP contribution in [0.4, 0.5) is 13.9 Å². The lowest BCUT2D eigenvalue weighted by Gasteiger charge is -2.33. The standard InChI is InChI=1S/C21H19F2N3O5S2/c22-15-9-16(23)11-17(10-15)31-13-18-12-26(6-7-30-18)20(27)14-1-3-19(4-2-14)33(28,29)25-21-24-5-8-32-21/h1-5,8-11,18H,6-7,12-13H2,(H,24,25). The van der Waals surface area contributed by atoms with Crippen molar-refractivity contribution in [3.05, 3.63) is 71.2 Å². The first-order chi connectivity index (χ1) is 15.8. The van der Waals surface area contributed by atoms with Gasteiger partial charge < -0.3 is 14.4 Å². The molecule has 0 aliphatic carbocycles. The minimum Gasteiger partial charge on any atom is -0.491 e. The molecule has 1 saturated heterocycles. The first kappa shape index (κ1) is 23.1. The van der Waals surface area contributed by atoms with Gasteiger partial charge in [0.15, 0.2) is 5.13 Å². The van der Waals surface area contributed by atoms with Crippen LogP contribution in [0.1, 0.15) is 10.4 Å². The molecule has 1 aliphatic rings. The summed E-state index contributed by atoms with van der Waals surface area (Å²) in [4.78, 5) is 18.3. The maximum Gasteiger partial charge on any atom is 0.263 e. The number of hydrogen-bond acceptors (Lipinski definition) is 7. The number of morpholine rings is 1. The van der Waals surface area contributed by atoms with Crippen molar-refractivity contribution in [1.82, 2.24) is 9.88 Å². The number of anilines is 1. The average Bonchev–Trinajstić information content (AvgIpc) is 3.29. The second kappa shape index (κ2) is 9.81. The lowest BCUT2D eigenvalue weighted by Crippen LogP contribution is -2.47. The van der Waals surface area contributed by atoms with E-state index in [0.717, 1.165) is 29.5 Å². The van der Waals surface area contributed by atoms with Gasteiger partial charge in [0, 0.05) is 41.9 Å². The molecule has 0 bridgehead atoms. The lowest BCUT2D eigenvalue weighted by molar-refractivity contribution is -0.0401. The van der Waals surface area contributed by atoms with E-state index in [1.807, 2.05) is 0 Å². The fourth-order valence-corrected chi connectivity index (χ4v) is 5.00. The van der Waals surface area contributed by atoms with Gasteiger partial charge in [-0.1, -0.05) is 0 Å². The molecule has 1 aromatic heterocycles. The number of rotatable bonds is 7. The Morgan fingerprint density at radius 3 is 2.61 bits per heavy atom. The number of carbonyl (C=O) groups is 1. The first-order valence-electron chi connectivity index (χ1n) is 9.82. The third-order valence-corrected chi connectivity index (χ3v) is 6.94. The van der Waals surface area contributed by atoms with Crippen LogP contribution in [0.5, 0.6) is 5.75 Å². The van der Waals surface area contributed by atoms with Crippen molar-refractivity contribution in [2.75, 3.05) is 31.0 Å². The third-order valence-electron chi connectivity index (χ3n) is 4.76. The average molecular weight is 496 g/mol. The first-order valence-corrected chi connectivity index (χ1v) is 12.2. The largest absolute Gasteiger partial charge is 0.491 e. The molecular formula is C21H19F2N3O5S2. The molecule has 1 unspecified atom stereocenters. The van der Waals surface area contributed by atoms with Gasteiger partial charge in [-0.2, -0.15) is 0 Å². The van der Waals surface area contributed by atoms with Crippen LogP contribution in [0, 0.1) is 11.6 Å². The molecule has 12 heteroatoms. The van der Waals surface area contributed by atoms with Crippen molar-refractivity contribution in [3.63, 3.8) is 0 Å². The topological polar surface area (TPSA) is 97.8 Å². The number of benzene rings is 2. The van der Waals surface area contributed by atoms with E-state index in [4.69, 9.17) is 9.47 Å². The van der Waals surface area contributed by atoms with Crippen LogP contribution < -0.4 is 9.46 Å². The lowest BCUT2D eigenvalue weighted by atomic mass is 10.1. The Balaban J connectivity index is 1.37. The second-order valence-corrected chi connectivity index (χ2v) is 9.70. The SMILES string of the molecule is O=C(c1ccc(S(=O)(=O)Nc2nccs2)cc1)N1CCOC(COc2cc(F)cc(F)c2)C1. The predicted molar refractivity (Wildman–Crippen MR) is 117 cm³/mol. The molecule has 1 N–H and O–H groups in total. The number of hydrogen-bond donors (Lipinski definition) is 1. The zero-order chi connectivity index (χ0) is 23.4. The molecule has 3 aromatic rings. The van der Waals surface area contributed by atoms with Gasteiger partial charge in [0.1, 0.15) is 30.1 Å².